The summed E-state index contributed by atoms with van der Waals surface area (Å²) in [6.45, 7) is 7.74. The highest BCUT2D eigenvalue weighted by molar-refractivity contribution is 9.10. The molecule has 18 heavy (non-hydrogen) atoms. The third kappa shape index (κ3) is 2.72. The van der Waals surface area contributed by atoms with Crippen molar-refractivity contribution in [2.45, 2.75) is 27.3 Å². The summed E-state index contributed by atoms with van der Waals surface area (Å²) in [5, 5.41) is 7.78. The predicted molar refractivity (Wildman–Crippen MR) is 76.9 cm³/mol. The Morgan fingerprint density at radius 1 is 1.39 bits per heavy atom. The number of aromatic nitrogens is 3. The topological polar surface area (TPSA) is 42.7 Å². The lowest BCUT2D eigenvalue weighted by Gasteiger charge is -2.07. The highest BCUT2D eigenvalue weighted by atomic mass is 79.9. The van der Waals surface area contributed by atoms with Crippen LogP contribution in [0.1, 0.15) is 24.0 Å². The van der Waals surface area contributed by atoms with Gasteiger partial charge in [-0.15, -0.1) is 0 Å². The van der Waals surface area contributed by atoms with Crippen molar-refractivity contribution in [3.05, 3.63) is 39.9 Å². The number of nitrogens with one attached hydrogen (secondary N) is 1. The minimum Gasteiger partial charge on any atom is -0.385 e. The van der Waals surface area contributed by atoms with Gasteiger partial charge in [0, 0.05) is 18.4 Å². The third-order valence-corrected chi connectivity index (χ3v) is 3.95. The number of halogens is 1. The maximum Gasteiger partial charge on any atom is 0.0835 e. The molecule has 0 atom stereocenters. The molecule has 0 amide bonds. The van der Waals surface area contributed by atoms with E-state index < -0.39 is 0 Å². The summed E-state index contributed by atoms with van der Waals surface area (Å²) < 4.78 is 3.04. The van der Waals surface area contributed by atoms with Crippen LogP contribution in [0.4, 0.5) is 5.69 Å². The molecule has 0 fully saturated rings. The third-order valence-electron chi connectivity index (χ3n) is 2.80. The molecular weight excluding hydrogens is 292 g/mol. The average molecular weight is 309 g/mol. The molecule has 1 N–H and O–H groups in total. The molecule has 0 aliphatic rings. The van der Waals surface area contributed by atoms with E-state index in [4.69, 9.17) is 0 Å². The second-order valence-electron chi connectivity index (χ2n) is 4.21. The summed E-state index contributed by atoms with van der Waals surface area (Å²) in [7, 11) is 0. The molecule has 5 heteroatoms. The fraction of sp³-hybridized carbons (Fsp3) is 0.385. The van der Waals surface area contributed by atoms with Gasteiger partial charge in [-0.05, 0) is 48.8 Å². The summed E-state index contributed by atoms with van der Waals surface area (Å²) in [4.78, 5) is 4.38. The van der Waals surface area contributed by atoms with Gasteiger partial charge in [0.15, 0.2) is 0 Å². The van der Waals surface area contributed by atoms with E-state index in [0.717, 1.165) is 33.8 Å². The van der Waals surface area contributed by atoms with Crippen LogP contribution in [0.2, 0.25) is 0 Å². The van der Waals surface area contributed by atoms with E-state index in [-0.39, 0.29) is 0 Å². The monoisotopic (exact) mass is 308 g/mol. The Balaban J connectivity index is 2.23. The average Bonchev–Trinajstić information content (AvgIpc) is 2.58. The van der Waals surface area contributed by atoms with Crippen molar-refractivity contribution in [2.75, 3.05) is 11.9 Å². The molecule has 96 valence electrons. The van der Waals surface area contributed by atoms with Crippen LogP contribution in [-0.2, 0) is 6.54 Å². The fourth-order valence-corrected chi connectivity index (χ4v) is 2.15. The largest absolute Gasteiger partial charge is 0.385 e. The van der Waals surface area contributed by atoms with Crippen molar-refractivity contribution in [1.82, 2.24) is 14.8 Å². The van der Waals surface area contributed by atoms with Gasteiger partial charge in [-0.2, -0.15) is 5.10 Å². The molecule has 4 nitrogen and oxygen atoms in total. The van der Waals surface area contributed by atoms with Crippen molar-refractivity contribution in [1.29, 1.82) is 0 Å². The first-order valence-electron chi connectivity index (χ1n) is 6.00. The second kappa shape index (κ2) is 5.52. The number of hydrogen-bond donors (Lipinski definition) is 1. The first-order valence-corrected chi connectivity index (χ1v) is 6.79. The van der Waals surface area contributed by atoms with E-state index in [1.807, 2.05) is 23.9 Å². The maximum atomic E-state index is 4.49. The molecule has 0 spiro atoms. The number of anilines is 1. The summed E-state index contributed by atoms with van der Waals surface area (Å²) in [6, 6.07) is 4.04. The van der Waals surface area contributed by atoms with Gasteiger partial charge in [0.05, 0.1) is 28.1 Å². The molecule has 0 aliphatic carbocycles. The van der Waals surface area contributed by atoms with Gasteiger partial charge in [-0.25, -0.2) is 0 Å². The Labute approximate surface area is 116 Å². The van der Waals surface area contributed by atoms with E-state index in [1.165, 1.54) is 0 Å². The molecule has 0 saturated carbocycles. The minimum absolute atomic E-state index is 0.692. The number of pyridine rings is 1. The second-order valence-corrected chi connectivity index (χ2v) is 5.00. The van der Waals surface area contributed by atoms with Crippen molar-refractivity contribution in [3.8, 4) is 0 Å². The molecule has 0 aromatic carbocycles. The van der Waals surface area contributed by atoms with Gasteiger partial charge in [-0.1, -0.05) is 0 Å². The summed E-state index contributed by atoms with van der Waals surface area (Å²) in [5.74, 6) is 0. The van der Waals surface area contributed by atoms with Crippen LogP contribution < -0.4 is 5.32 Å². The molecule has 2 aromatic rings. The molecule has 0 aliphatic heterocycles. The number of aryl methyl sites for hydroxylation is 1. The zero-order chi connectivity index (χ0) is 13.1. The molecular formula is C13H17BrN4. The molecule has 2 heterocycles. The van der Waals surface area contributed by atoms with Crippen molar-refractivity contribution < 1.29 is 0 Å². The highest BCUT2D eigenvalue weighted by Gasteiger charge is 2.09. The normalized spacial score (nSPS) is 10.7. The van der Waals surface area contributed by atoms with Gasteiger partial charge in [0.25, 0.3) is 0 Å². The highest BCUT2D eigenvalue weighted by Crippen LogP contribution is 2.20. The van der Waals surface area contributed by atoms with Crippen LogP contribution in [0.3, 0.4) is 0 Å². The van der Waals surface area contributed by atoms with Crippen LogP contribution in [0.15, 0.2) is 22.8 Å². The SMILES string of the molecule is CCNc1ccnc(Cn2nc(C)c(Br)c2C)c1. The lowest BCUT2D eigenvalue weighted by atomic mass is 10.3. The van der Waals surface area contributed by atoms with Crippen LogP contribution in [0, 0.1) is 13.8 Å². The van der Waals surface area contributed by atoms with Crippen LogP contribution in [-0.4, -0.2) is 21.3 Å². The van der Waals surface area contributed by atoms with Crippen LogP contribution in [0.25, 0.3) is 0 Å². The minimum atomic E-state index is 0.692. The molecule has 2 aromatic heterocycles. The Kier molecular flexibility index (Phi) is 4.01. The predicted octanol–water partition coefficient (Wildman–Crippen LogP) is 3.14. The van der Waals surface area contributed by atoms with E-state index in [1.54, 1.807) is 0 Å². The zero-order valence-electron chi connectivity index (χ0n) is 10.9. The van der Waals surface area contributed by atoms with E-state index >= 15 is 0 Å². The van der Waals surface area contributed by atoms with Gasteiger partial charge in [0.2, 0.25) is 0 Å². The Hall–Kier alpha value is -1.36. The van der Waals surface area contributed by atoms with Crippen LogP contribution >= 0.6 is 15.9 Å². The van der Waals surface area contributed by atoms with E-state index in [0.29, 0.717) is 6.54 Å². The van der Waals surface area contributed by atoms with Crippen molar-refractivity contribution in [3.63, 3.8) is 0 Å². The first kappa shape index (κ1) is 13.1. The Bertz CT molecular complexity index is 548. The molecule has 0 saturated heterocycles. The number of nitrogens with zero attached hydrogens (tertiary/aromatic N) is 3. The van der Waals surface area contributed by atoms with Gasteiger partial charge < -0.3 is 5.32 Å². The smallest absolute Gasteiger partial charge is 0.0835 e. The fourth-order valence-electron chi connectivity index (χ4n) is 1.86. The Morgan fingerprint density at radius 2 is 2.17 bits per heavy atom. The summed E-state index contributed by atoms with van der Waals surface area (Å²) >= 11 is 3.54. The van der Waals surface area contributed by atoms with Crippen LogP contribution in [0.5, 0.6) is 0 Å². The standard InChI is InChI=1S/C13H17BrN4/c1-4-15-11-5-6-16-12(7-11)8-18-10(3)13(14)9(2)17-18/h5-7H,4,8H2,1-3H3,(H,15,16). The van der Waals surface area contributed by atoms with Gasteiger partial charge in [0.1, 0.15) is 0 Å². The summed E-state index contributed by atoms with van der Waals surface area (Å²) in [6.07, 6.45) is 1.83. The van der Waals surface area contributed by atoms with E-state index in [2.05, 4.69) is 51.2 Å². The van der Waals surface area contributed by atoms with E-state index in [9.17, 15) is 0 Å². The summed E-state index contributed by atoms with van der Waals surface area (Å²) in [5.41, 5.74) is 4.24. The zero-order valence-corrected chi connectivity index (χ0v) is 12.5. The molecule has 2 rings (SSSR count). The van der Waals surface area contributed by atoms with Crippen molar-refractivity contribution in [2.24, 2.45) is 0 Å². The van der Waals surface area contributed by atoms with Gasteiger partial charge in [-0.3, -0.25) is 9.67 Å². The molecule has 0 radical (unpaired) electrons. The maximum absolute atomic E-state index is 4.49. The van der Waals surface area contributed by atoms with Gasteiger partial charge >= 0.3 is 0 Å². The number of rotatable bonds is 4. The number of hydrogen-bond acceptors (Lipinski definition) is 3. The Morgan fingerprint density at radius 3 is 2.78 bits per heavy atom. The lowest BCUT2D eigenvalue weighted by molar-refractivity contribution is 0.647. The molecule has 0 bridgehead atoms. The quantitative estimate of drug-likeness (QED) is 0.943. The first-order chi connectivity index (χ1) is 8.61. The van der Waals surface area contributed by atoms with Crippen molar-refractivity contribution >= 4 is 21.6 Å². The lowest BCUT2D eigenvalue weighted by Crippen LogP contribution is -2.06. The molecule has 0 unspecified atom stereocenters.